The third-order valence-electron chi connectivity index (χ3n) is 4.22. The zero-order chi connectivity index (χ0) is 18.5. The molecule has 0 bridgehead atoms. The Balaban J connectivity index is 1.59. The van der Waals surface area contributed by atoms with Gasteiger partial charge in [-0.15, -0.1) is 11.3 Å². The number of amides is 2. The van der Waals surface area contributed by atoms with Gasteiger partial charge in [0.25, 0.3) is 5.91 Å². The lowest BCUT2D eigenvalue weighted by Gasteiger charge is -2.34. The summed E-state index contributed by atoms with van der Waals surface area (Å²) in [4.78, 5) is 32.8. The van der Waals surface area contributed by atoms with E-state index in [2.05, 4.69) is 10.3 Å². The minimum absolute atomic E-state index is 0.00395. The minimum atomic E-state index is -0.347. The van der Waals surface area contributed by atoms with Crippen molar-refractivity contribution in [1.82, 2.24) is 20.1 Å². The number of likely N-dealkylation sites (N-methyl/N-ethyl adjacent to an activating group) is 1. The molecule has 0 saturated carbocycles. The van der Waals surface area contributed by atoms with Gasteiger partial charge < -0.3 is 10.2 Å². The molecule has 138 valence electrons. The van der Waals surface area contributed by atoms with Crippen molar-refractivity contribution in [1.29, 1.82) is 0 Å². The molecule has 8 heteroatoms. The summed E-state index contributed by atoms with van der Waals surface area (Å²) in [6, 6.07) is 6.41. The molecule has 1 saturated heterocycles. The number of benzene rings is 1. The molecule has 2 amide bonds. The molecule has 1 fully saturated rings. The van der Waals surface area contributed by atoms with Crippen LogP contribution in [0.5, 0.6) is 0 Å². The number of aromatic nitrogens is 1. The summed E-state index contributed by atoms with van der Waals surface area (Å²) < 4.78 is 13.9. The Kier molecular flexibility index (Phi) is 5.95. The van der Waals surface area contributed by atoms with Crippen LogP contribution in [0, 0.1) is 5.82 Å². The van der Waals surface area contributed by atoms with Crippen molar-refractivity contribution < 1.29 is 14.0 Å². The van der Waals surface area contributed by atoms with Crippen molar-refractivity contribution in [2.75, 3.05) is 39.3 Å². The Hall–Kier alpha value is -2.32. The number of rotatable bonds is 5. The second kappa shape index (κ2) is 8.37. The molecule has 2 heterocycles. The van der Waals surface area contributed by atoms with Crippen LogP contribution in [0.4, 0.5) is 4.39 Å². The molecule has 0 atom stereocenters. The molecule has 0 spiro atoms. The maximum Gasteiger partial charge on any atom is 0.265 e. The topological polar surface area (TPSA) is 65.5 Å². The monoisotopic (exact) mass is 376 g/mol. The zero-order valence-electron chi connectivity index (χ0n) is 14.6. The van der Waals surface area contributed by atoms with Crippen LogP contribution < -0.4 is 5.32 Å². The van der Waals surface area contributed by atoms with E-state index in [0.29, 0.717) is 54.7 Å². The van der Waals surface area contributed by atoms with E-state index in [4.69, 9.17) is 0 Å². The number of carbonyl (C=O) groups is 2. The first kappa shape index (κ1) is 18.5. The Morgan fingerprint density at radius 3 is 2.65 bits per heavy atom. The van der Waals surface area contributed by atoms with Crippen LogP contribution >= 0.6 is 11.3 Å². The normalized spacial score (nSPS) is 15.1. The number of piperazine rings is 1. The predicted octanol–water partition coefficient (Wildman–Crippen LogP) is 1.84. The zero-order valence-corrected chi connectivity index (χ0v) is 15.4. The van der Waals surface area contributed by atoms with Crippen LogP contribution in [0.2, 0.25) is 0 Å². The molecule has 1 aromatic carbocycles. The van der Waals surface area contributed by atoms with Crippen LogP contribution in [0.25, 0.3) is 10.6 Å². The molecule has 26 heavy (non-hydrogen) atoms. The summed E-state index contributed by atoms with van der Waals surface area (Å²) in [7, 11) is 0. The van der Waals surface area contributed by atoms with Crippen molar-refractivity contribution >= 4 is 23.2 Å². The van der Waals surface area contributed by atoms with Gasteiger partial charge in [-0.25, -0.2) is 9.37 Å². The molecule has 6 nitrogen and oxygen atoms in total. The predicted molar refractivity (Wildman–Crippen MR) is 98.5 cm³/mol. The van der Waals surface area contributed by atoms with Crippen molar-refractivity contribution in [2.45, 2.75) is 6.92 Å². The van der Waals surface area contributed by atoms with Crippen LogP contribution in [0.15, 0.2) is 30.5 Å². The third kappa shape index (κ3) is 4.25. The molecule has 0 radical (unpaired) electrons. The summed E-state index contributed by atoms with van der Waals surface area (Å²) in [6.45, 7) is 5.29. The standard InChI is InChI=1S/C18H21FN4O2S/c1-2-20-16(24)12-22-7-9-23(10-8-22)18(25)15-11-21-17(26-15)13-5-3-4-6-14(13)19/h3-6,11H,2,7-10,12H2,1H3,(H,20,24). The third-order valence-corrected chi connectivity index (χ3v) is 5.24. The highest BCUT2D eigenvalue weighted by molar-refractivity contribution is 7.16. The van der Waals surface area contributed by atoms with Gasteiger partial charge in [-0.05, 0) is 19.1 Å². The van der Waals surface area contributed by atoms with Crippen LogP contribution in [0.1, 0.15) is 16.6 Å². The van der Waals surface area contributed by atoms with Gasteiger partial charge in [-0.2, -0.15) is 0 Å². The highest BCUT2D eigenvalue weighted by Gasteiger charge is 2.25. The second-order valence-corrected chi connectivity index (χ2v) is 7.06. The molecule has 1 aliphatic heterocycles. The lowest BCUT2D eigenvalue weighted by Crippen LogP contribution is -2.51. The summed E-state index contributed by atoms with van der Waals surface area (Å²) in [5, 5.41) is 3.28. The first-order chi connectivity index (χ1) is 12.6. The smallest absolute Gasteiger partial charge is 0.265 e. The number of hydrogen-bond donors (Lipinski definition) is 1. The lowest BCUT2D eigenvalue weighted by atomic mass is 10.2. The molecule has 1 aromatic heterocycles. The Bertz CT molecular complexity index is 787. The fraction of sp³-hybridized carbons (Fsp3) is 0.389. The van der Waals surface area contributed by atoms with Crippen LogP contribution in [-0.4, -0.2) is 65.9 Å². The van der Waals surface area contributed by atoms with Crippen molar-refractivity contribution in [3.05, 3.63) is 41.2 Å². The SMILES string of the molecule is CCNC(=O)CN1CCN(C(=O)c2cnc(-c3ccccc3F)s2)CC1. The lowest BCUT2D eigenvalue weighted by molar-refractivity contribution is -0.122. The fourth-order valence-electron chi connectivity index (χ4n) is 2.85. The maximum atomic E-state index is 13.9. The maximum absolute atomic E-state index is 13.9. The van der Waals surface area contributed by atoms with E-state index >= 15 is 0 Å². The average molecular weight is 376 g/mol. The molecular formula is C18H21FN4O2S. The highest BCUT2D eigenvalue weighted by Crippen LogP contribution is 2.28. The highest BCUT2D eigenvalue weighted by atomic mass is 32.1. The van der Waals surface area contributed by atoms with Crippen molar-refractivity contribution in [2.24, 2.45) is 0 Å². The summed E-state index contributed by atoms with van der Waals surface area (Å²) in [5.74, 6) is -0.438. The van der Waals surface area contributed by atoms with Gasteiger partial charge in [0.15, 0.2) is 0 Å². The fourth-order valence-corrected chi connectivity index (χ4v) is 3.76. The van der Waals surface area contributed by atoms with E-state index in [9.17, 15) is 14.0 Å². The minimum Gasteiger partial charge on any atom is -0.355 e. The number of thiazole rings is 1. The molecule has 0 unspecified atom stereocenters. The van der Waals surface area contributed by atoms with E-state index in [1.54, 1.807) is 23.1 Å². The van der Waals surface area contributed by atoms with Gasteiger partial charge in [0.05, 0.1) is 12.7 Å². The number of nitrogens with one attached hydrogen (secondary N) is 1. The Morgan fingerprint density at radius 2 is 1.96 bits per heavy atom. The molecule has 3 rings (SSSR count). The largest absolute Gasteiger partial charge is 0.355 e. The quantitative estimate of drug-likeness (QED) is 0.865. The van der Waals surface area contributed by atoms with Gasteiger partial charge >= 0.3 is 0 Å². The average Bonchev–Trinajstić information content (AvgIpc) is 3.12. The van der Waals surface area contributed by atoms with Gasteiger partial charge in [0.2, 0.25) is 5.91 Å². The first-order valence-corrected chi connectivity index (χ1v) is 9.39. The van der Waals surface area contributed by atoms with Gasteiger partial charge in [0.1, 0.15) is 15.7 Å². The van der Waals surface area contributed by atoms with E-state index in [0.717, 1.165) is 0 Å². The second-order valence-electron chi connectivity index (χ2n) is 6.03. The molecular weight excluding hydrogens is 355 g/mol. The van der Waals surface area contributed by atoms with Gasteiger partial charge in [0, 0.05) is 38.3 Å². The Labute approximate surface area is 155 Å². The number of halogens is 1. The van der Waals surface area contributed by atoms with Crippen molar-refractivity contribution in [3.8, 4) is 10.6 Å². The molecule has 1 aliphatic rings. The number of nitrogens with zero attached hydrogens (tertiary/aromatic N) is 3. The van der Waals surface area contributed by atoms with Crippen LogP contribution in [0.3, 0.4) is 0 Å². The summed E-state index contributed by atoms with van der Waals surface area (Å²) in [5.41, 5.74) is 0.406. The molecule has 2 aromatic rings. The summed E-state index contributed by atoms with van der Waals surface area (Å²) in [6.07, 6.45) is 1.51. The Morgan fingerprint density at radius 1 is 1.23 bits per heavy atom. The van der Waals surface area contributed by atoms with E-state index < -0.39 is 0 Å². The summed E-state index contributed by atoms with van der Waals surface area (Å²) >= 11 is 1.20. The van der Waals surface area contributed by atoms with Crippen molar-refractivity contribution in [3.63, 3.8) is 0 Å². The van der Waals surface area contributed by atoms with Crippen LogP contribution in [-0.2, 0) is 4.79 Å². The van der Waals surface area contributed by atoms with E-state index in [1.165, 1.54) is 23.6 Å². The van der Waals surface area contributed by atoms with Gasteiger partial charge in [-0.3, -0.25) is 14.5 Å². The van der Waals surface area contributed by atoms with E-state index in [1.807, 2.05) is 11.8 Å². The van der Waals surface area contributed by atoms with E-state index in [-0.39, 0.29) is 17.6 Å². The first-order valence-electron chi connectivity index (χ1n) is 8.57. The number of hydrogen-bond acceptors (Lipinski definition) is 5. The molecule has 0 aliphatic carbocycles. The van der Waals surface area contributed by atoms with Gasteiger partial charge in [-0.1, -0.05) is 12.1 Å². The molecule has 1 N–H and O–H groups in total. The number of carbonyl (C=O) groups excluding carboxylic acids is 2.